The largest absolute Gasteiger partial charge is 0.382 e. The van der Waals surface area contributed by atoms with E-state index in [9.17, 15) is 5.11 Å². The molecule has 19 heavy (non-hydrogen) atoms. The van der Waals surface area contributed by atoms with Crippen molar-refractivity contribution >= 4 is 0 Å². The zero-order valence-electron chi connectivity index (χ0n) is 12.6. The number of aliphatic hydroxyl groups is 1. The molecule has 2 nitrogen and oxygen atoms in total. The fraction of sp³-hybridized carbons (Fsp3) is 0.353. The summed E-state index contributed by atoms with van der Waals surface area (Å²) in [4.78, 5) is 4.13. The van der Waals surface area contributed by atoms with Crippen molar-refractivity contribution in [1.82, 2.24) is 4.98 Å². The van der Waals surface area contributed by atoms with Crippen molar-refractivity contribution in [2.45, 2.75) is 40.7 Å². The van der Waals surface area contributed by atoms with E-state index in [0.29, 0.717) is 5.69 Å². The lowest BCUT2D eigenvalue weighted by Crippen LogP contribution is -2.01. The first-order valence-corrected chi connectivity index (χ1v) is 6.93. The minimum Gasteiger partial charge on any atom is -0.382 e. The van der Waals surface area contributed by atoms with E-state index in [-0.39, 0.29) is 0 Å². The molecule has 2 rings (SSSR count). The first-order valence-electron chi connectivity index (χ1n) is 6.93. The van der Waals surface area contributed by atoms with Gasteiger partial charge in [0.25, 0.3) is 0 Å². The number of aromatic nitrogens is 1. The van der Waals surface area contributed by atoms with Crippen LogP contribution >= 0.6 is 0 Å². The molecule has 0 aliphatic rings. The Labute approximate surface area is 117 Å². The molecule has 0 spiro atoms. The van der Waals surface area contributed by atoms with E-state index in [1.165, 1.54) is 0 Å². The van der Waals surface area contributed by atoms with Crippen LogP contribution in [-0.2, 0) is 0 Å². The highest BCUT2D eigenvalue weighted by Gasteiger charge is 2.10. The number of pyridine rings is 1. The second kappa shape index (κ2) is 10.3. The molecular weight excluding hydrogens is 234 g/mol. The van der Waals surface area contributed by atoms with Gasteiger partial charge in [-0.25, -0.2) is 0 Å². The Kier molecular flexibility index (Phi) is 9.37. The molecule has 1 atom stereocenters. The first-order chi connectivity index (χ1) is 9.27. The molecule has 1 aromatic carbocycles. The molecule has 0 aliphatic carbocycles. The Morgan fingerprint density at radius 3 is 2.16 bits per heavy atom. The summed E-state index contributed by atoms with van der Waals surface area (Å²) in [5.74, 6) is 0. The maximum absolute atomic E-state index is 10.1. The summed E-state index contributed by atoms with van der Waals surface area (Å²) in [6.45, 7) is 10.0. The lowest BCUT2D eigenvalue weighted by Gasteiger charge is -2.10. The molecule has 1 N–H and O–H groups in total. The van der Waals surface area contributed by atoms with Crippen molar-refractivity contribution in [3.63, 3.8) is 0 Å². The lowest BCUT2D eigenvalue weighted by atomic mass is 10.0. The summed E-state index contributed by atoms with van der Waals surface area (Å²) in [7, 11) is 0. The Balaban J connectivity index is 0.000000741. The number of nitrogens with zero attached hydrogens (tertiary/aromatic N) is 1. The standard InChI is InChI=1S/C13H13NO.2C2H6/c1-10-5-4-6-11(9-10)13(15)12-7-2-3-8-14-12;2*1-2/h2-9,13,15H,1H3;2*1-2H3. The molecule has 0 bridgehead atoms. The van der Waals surface area contributed by atoms with Crippen LogP contribution in [-0.4, -0.2) is 10.1 Å². The van der Waals surface area contributed by atoms with Crippen LogP contribution in [0.3, 0.4) is 0 Å². The molecule has 1 unspecified atom stereocenters. The summed E-state index contributed by atoms with van der Waals surface area (Å²) in [5.41, 5.74) is 2.71. The lowest BCUT2D eigenvalue weighted by molar-refractivity contribution is 0.215. The summed E-state index contributed by atoms with van der Waals surface area (Å²) in [6.07, 6.45) is 1.06. The van der Waals surface area contributed by atoms with Crippen LogP contribution in [0.4, 0.5) is 0 Å². The van der Waals surface area contributed by atoms with Crippen molar-refractivity contribution in [2.24, 2.45) is 0 Å². The van der Waals surface area contributed by atoms with Gasteiger partial charge in [0.05, 0.1) is 5.69 Å². The van der Waals surface area contributed by atoms with Crippen molar-refractivity contribution in [3.05, 3.63) is 65.5 Å². The SMILES string of the molecule is CC.CC.Cc1cccc(C(O)c2ccccn2)c1. The predicted octanol–water partition coefficient (Wildman–Crippen LogP) is 4.52. The van der Waals surface area contributed by atoms with Crippen LogP contribution in [0.15, 0.2) is 48.7 Å². The second-order valence-electron chi connectivity index (χ2n) is 3.57. The van der Waals surface area contributed by atoms with Gasteiger partial charge >= 0.3 is 0 Å². The van der Waals surface area contributed by atoms with Gasteiger partial charge in [0.15, 0.2) is 0 Å². The summed E-state index contributed by atoms with van der Waals surface area (Å²) >= 11 is 0. The van der Waals surface area contributed by atoms with Gasteiger partial charge in [0.2, 0.25) is 0 Å². The van der Waals surface area contributed by atoms with Crippen molar-refractivity contribution in [1.29, 1.82) is 0 Å². The number of aliphatic hydroxyl groups excluding tert-OH is 1. The van der Waals surface area contributed by atoms with Crippen LogP contribution in [0.2, 0.25) is 0 Å². The normalized spacial score (nSPS) is 10.4. The van der Waals surface area contributed by atoms with Crippen LogP contribution < -0.4 is 0 Å². The Bertz CT molecular complexity index is 440. The third-order valence-corrected chi connectivity index (χ3v) is 2.33. The topological polar surface area (TPSA) is 33.1 Å². The smallest absolute Gasteiger partial charge is 0.121 e. The van der Waals surface area contributed by atoms with Crippen LogP contribution in [0.1, 0.15) is 50.6 Å². The predicted molar refractivity (Wildman–Crippen MR) is 82.2 cm³/mol. The zero-order chi connectivity index (χ0) is 14.7. The third-order valence-electron chi connectivity index (χ3n) is 2.33. The Morgan fingerprint density at radius 2 is 1.63 bits per heavy atom. The van der Waals surface area contributed by atoms with E-state index in [1.807, 2.05) is 77.1 Å². The average molecular weight is 259 g/mol. The average Bonchev–Trinajstić information content (AvgIpc) is 2.51. The van der Waals surface area contributed by atoms with Crippen LogP contribution in [0, 0.1) is 6.92 Å². The summed E-state index contributed by atoms with van der Waals surface area (Å²) < 4.78 is 0. The van der Waals surface area contributed by atoms with Crippen LogP contribution in [0.5, 0.6) is 0 Å². The summed E-state index contributed by atoms with van der Waals surface area (Å²) in [6, 6.07) is 13.4. The Hall–Kier alpha value is -1.67. The van der Waals surface area contributed by atoms with E-state index in [0.717, 1.165) is 11.1 Å². The zero-order valence-corrected chi connectivity index (χ0v) is 12.6. The monoisotopic (exact) mass is 259 g/mol. The van der Waals surface area contributed by atoms with E-state index < -0.39 is 6.10 Å². The van der Waals surface area contributed by atoms with Gasteiger partial charge < -0.3 is 5.11 Å². The molecule has 0 saturated carbocycles. The molecule has 1 aromatic heterocycles. The minimum absolute atomic E-state index is 0.633. The number of benzene rings is 1. The first kappa shape index (κ1) is 17.3. The molecule has 2 heteroatoms. The van der Waals surface area contributed by atoms with E-state index >= 15 is 0 Å². The van der Waals surface area contributed by atoms with Crippen molar-refractivity contribution in [3.8, 4) is 0 Å². The van der Waals surface area contributed by atoms with Crippen molar-refractivity contribution in [2.75, 3.05) is 0 Å². The van der Waals surface area contributed by atoms with Gasteiger partial charge in [0, 0.05) is 6.20 Å². The minimum atomic E-state index is -0.633. The highest BCUT2D eigenvalue weighted by molar-refractivity contribution is 5.29. The number of rotatable bonds is 2. The molecule has 0 radical (unpaired) electrons. The maximum atomic E-state index is 10.1. The molecule has 2 aromatic rings. The van der Waals surface area contributed by atoms with E-state index in [1.54, 1.807) is 6.20 Å². The molecule has 0 fully saturated rings. The molecule has 1 heterocycles. The third kappa shape index (κ3) is 5.66. The van der Waals surface area contributed by atoms with E-state index in [4.69, 9.17) is 0 Å². The van der Waals surface area contributed by atoms with Gasteiger partial charge in [-0.3, -0.25) is 4.98 Å². The molecule has 104 valence electrons. The van der Waals surface area contributed by atoms with Gasteiger partial charge in [-0.15, -0.1) is 0 Å². The van der Waals surface area contributed by atoms with Gasteiger partial charge in [-0.05, 0) is 24.6 Å². The number of hydrogen-bond donors (Lipinski definition) is 1. The Morgan fingerprint density at radius 1 is 0.947 bits per heavy atom. The molecule has 0 saturated heterocycles. The van der Waals surface area contributed by atoms with Gasteiger partial charge in [-0.1, -0.05) is 63.6 Å². The fourth-order valence-electron chi connectivity index (χ4n) is 1.55. The van der Waals surface area contributed by atoms with E-state index in [2.05, 4.69) is 4.98 Å². The highest BCUT2D eigenvalue weighted by atomic mass is 16.3. The second-order valence-corrected chi connectivity index (χ2v) is 3.57. The summed E-state index contributed by atoms with van der Waals surface area (Å²) in [5, 5.41) is 10.1. The molecule has 0 amide bonds. The van der Waals surface area contributed by atoms with Crippen LogP contribution in [0.25, 0.3) is 0 Å². The highest BCUT2D eigenvalue weighted by Crippen LogP contribution is 2.20. The van der Waals surface area contributed by atoms with Crippen molar-refractivity contribution < 1.29 is 5.11 Å². The quantitative estimate of drug-likeness (QED) is 0.860. The fourth-order valence-corrected chi connectivity index (χ4v) is 1.55. The molecule has 0 aliphatic heterocycles. The number of aryl methyl sites for hydroxylation is 1. The number of hydrogen-bond acceptors (Lipinski definition) is 2. The molecular formula is C17H25NO. The van der Waals surface area contributed by atoms with Gasteiger partial charge in [0.1, 0.15) is 6.10 Å². The maximum Gasteiger partial charge on any atom is 0.121 e. The van der Waals surface area contributed by atoms with Gasteiger partial charge in [-0.2, -0.15) is 0 Å².